The van der Waals surface area contributed by atoms with Gasteiger partial charge in [-0.15, -0.1) is 0 Å². The minimum atomic E-state index is -3.83. The Balaban J connectivity index is 1.08. The van der Waals surface area contributed by atoms with Crippen molar-refractivity contribution >= 4 is 39.0 Å². The summed E-state index contributed by atoms with van der Waals surface area (Å²) < 4.78 is 30.7. The number of methoxy groups -OCH3 is 1. The Labute approximate surface area is 330 Å². The van der Waals surface area contributed by atoms with E-state index in [-0.39, 0.29) is 24.4 Å². The molecule has 2 aliphatic rings. The van der Waals surface area contributed by atoms with Crippen molar-refractivity contribution in [2.45, 2.75) is 71.3 Å². The Morgan fingerprint density at radius 2 is 1.46 bits per heavy atom. The molecule has 11 nitrogen and oxygen atoms in total. The van der Waals surface area contributed by atoms with Crippen LogP contribution in [0.5, 0.6) is 5.75 Å². The number of allylic oxidation sites excluding steroid dienone is 2. The summed E-state index contributed by atoms with van der Waals surface area (Å²) in [6, 6.07) is 20.9. The Bertz CT molecular complexity index is 2110. The summed E-state index contributed by atoms with van der Waals surface area (Å²) in [5.74, 6) is 2.29. The van der Waals surface area contributed by atoms with E-state index in [2.05, 4.69) is 28.3 Å². The van der Waals surface area contributed by atoms with Crippen molar-refractivity contribution in [1.82, 2.24) is 19.6 Å². The van der Waals surface area contributed by atoms with Gasteiger partial charge >= 0.3 is 0 Å². The number of carbonyl (C=O) groups excluding carboxylic acids is 3. The highest BCUT2D eigenvalue weighted by atomic mass is 32.2. The highest BCUT2D eigenvalue weighted by Crippen LogP contribution is 2.41. The molecular weight excluding hydrogens is 727 g/mol. The first kappa shape index (κ1) is 40.3. The van der Waals surface area contributed by atoms with Gasteiger partial charge in [-0.25, -0.2) is 18.4 Å². The molecule has 0 saturated heterocycles. The van der Waals surface area contributed by atoms with Gasteiger partial charge in [0.15, 0.2) is 5.82 Å². The number of rotatable bonds is 14. The van der Waals surface area contributed by atoms with Crippen LogP contribution in [0.3, 0.4) is 0 Å². The normalized spacial score (nSPS) is 18.3. The molecule has 1 heterocycles. The van der Waals surface area contributed by atoms with Gasteiger partial charge in [0, 0.05) is 41.3 Å². The maximum absolute atomic E-state index is 13.7. The Kier molecular flexibility index (Phi) is 13.3. The number of ether oxygens (including phenoxy) is 1. The molecule has 1 aromatic heterocycles. The van der Waals surface area contributed by atoms with Crippen LogP contribution in [0, 0.1) is 17.8 Å². The quantitative estimate of drug-likeness (QED) is 0.134. The van der Waals surface area contributed by atoms with Gasteiger partial charge in [-0.2, -0.15) is 0 Å². The molecule has 2 aliphatic carbocycles. The summed E-state index contributed by atoms with van der Waals surface area (Å²) >= 11 is 0. The van der Waals surface area contributed by atoms with Crippen molar-refractivity contribution < 1.29 is 27.5 Å². The van der Waals surface area contributed by atoms with Crippen molar-refractivity contribution in [2.24, 2.45) is 17.8 Å². The molecule has 56 heavy (non-hydrogen) atoms. The van der Waals surface area contributed by atoms with Gasteiger partial charge in [-0.1, -0.05) is 68.7 Å². The summed E-state index contributed by atoms with van der Waals surface area (Å²) in [6.45, 7) is 1.86. The second-order valence-electron chi connectivity index (χ2n) is 15.1. The largest absolute Gasteiger partial charge is 0.497 e. The molecule has 0 aliphatic heterocycles. The third-order valence-corrected chi connectivity index (χ3v) is 11.7. The molecule has 1 fully saturated rings. The molecule has 1 atom stereocenters. The van der Waals surface area contributed by atoms with E-state index in [0.717, 1.165) is 59.1 Å². The summed E-state index contributed by atoms with van der Waals surface area (Å²) in [7, 11) is -2.26. The average molecular weight is 778 g/mol. The summed E-state index contributed by atoms with van der Waals surface area (Å²) in [6.07, 6.45) is 17.5. The number of hydrogen-bond acceptors (Lipinski definition) is 8. The van der Waals surface area contributed by atoms with Crippen LogP contribution in [0.4, 0.5) is 5.69 Å². The lowest BCUT2D eigenvalue weighted by Crippen LogP contribution is -2.42. The smallest absolute Gasteiger partial charge is 0.254 e. The van der Waals surface area contributed by atoms with Crippen molar-refractivity contribution in [3.05, 3.63) is 114 Å². The second-order valence-corrected chi connectivity index (χ2v) is 16.8. The van der Waals surface area contributed by atoms with Crippen LogP contribution in [0.2, 0.25) is 0 Å². The number of benzene rings is 3. The average Bonchev–Trinajstić information content (AvgIpc) is 3.20. The topological polar surface area (TPSA) is 148 Å². The fraction of sp³-hybridized carbons (Fsp3) is 0.386. The molecule has 4 aromatic rings. The molecule has 0 spiro atoms. The molecule has 0 radical (unpaired) electrons. The van der Waals surface area contributed by atoms with Gasteiger partial charge in [0.2, 0.25) is 15.9 Å². The number of nitrogens with one attached hydrogen (secondary N) is 2. The van der Waals surface area contributed by atoms with E-state index < -0.39 is 28.4 Å². The van der Waals surface area contributed by atoms with Crippen LogP contribution in [0.15, 0.2) is 91.3 Å². The van der Waals surface area contributed by atoms with Gasteiger partial charge in [0.05, 0.1) is 19.8 Å². The number of carbonyl (C=O) groups is 3. The van der Waals surface area contributed by atoms with E-state index in [1.807, 2.05) is 53.5 Å². The minimum absolute atomic E-state index is 0.0334. The van der Waals surface area contributed by atoms with Gasteiger partial charge in [-0.3, -0.25) is 19.1 Å². The zero-order valence-electron chi connectivity index (χ0n) is 32.4. The first-order chi connectivity index (χ1) is 27.0. The fourth-order valence-corrected chi connectivity index (χ4v) is 8.34. The lowest BCUT2D eigenvalue weighted by molar-refractivity contribution is -0.120. The number of nitrogens with zero attached hydrogens (tertiary/aromatic N) is 3. The highest BCUT2D eigenvalue weighted by Gasteiger charge is 2.28. The van der Waals surface area contributed by atoms with Crippen molar-refractivity contribution in [3.8, 4) is 17.1 Å². The maximum atomic E-state index is 13.7. The monoisotopic (exact) mass is 777 g/mol. The number of sulfonamides is 1. The van der Waals surface area contributed by atoms with Crippen LogP contribution in [0.25, 0.3) is 17.0 Å². The number of amides is 3. The molecule has 2 N–H and O–H groups in total. The van der Waals surface area contributed by atoms with E-state index in [0.29, 0.717) is 17.3 Å². The summed E-state index contributed by atoms with van der Waals surface area (Å²) in [5, 5.41) is 2.83. The van der Waals surface area contributed by atoms with Crippen molar-refractivity contribution in [3.63, 3.8) is 0 Å². The van der Waals surface area contributed by atoms with E-state index >= 15 is 0 Å². The molecule has 3 aromatic carbocycles. The molecule has 3 amide bonds. The fourth-order valence-electron chi connectivity index (χ4n) is 7.86. The van der Waals surface area contributed by atoms with Gasteiger partial charge in [-0.05, 0) is 103 Å². The molecule has 1 unspecified atom stereocenters. The SMILES string of the molecule is CC[C@H]1CC[C@H](C2CC=C(c3cnc(-c4ccc(CN(CC(=O)NS(C)(=O)=O)C(=O)c5ccc(NC(=O)Cc6ccc(OC)cc6)cc5)cc4)nc3)CC2)CC1. The van der Waals surface area contributed by atoms with Crippen LogP contribution < -0.4 is 14.8 Å². The van der Waals surface area contributed by atoms with E-state index in [9.17, 15) is 22.8 Å². The number of aromatic nitrogens is 2. The first-order valence-corrected chi connectivity index (χ1v) is 21.3. The number of anilines is 1. The van der Waals surface area contributed by atoms with Crippen LogP contribution in [-0.4, -0.2) is 60.9 Å². The third-order valence-electron chi connectivity index (χ3n) is 11.1. The zero-order chi connectivity index (χ0) is 39.7. The van der Waals surface area contributed by atoms with Gasteiger partial charge in [0.1, 0.15) is 12.3 Å². The van der Waals surface area contributed by atoms with Crippen molar-refractivity contribution in [1.29, 1.82) is 0 Å². The Hall–Kier alpha value is -5.36. The molecule has 0 bridgehead atoms. The lowest BCUT2D eigenvalue weighted by Gasteiger charge is -2.35. The predicted molar refractivity (Wildman–Crippen MR) is 218 cm³/mol. The third kappa shape index (κ3) is 11.1. The Morgan fingerprint density at radius 3 is 2.05 bits per heavy atom. The summed E-state index contributed by atoms with van der Waals surface area (Å²) in [4.78, 5) is 49.7. The van der Waals surface area contributed by atoms with E-state index in [1.165, 1.54) is 49.0 Å². The summed E-state index contributed by atoms with van der Waals surface area (Å²) in [5.41, 5.74) is 5.48. The lowest BCUT2D eigenvalue weighted by atomic mass is 9.71. The maximum Gasteiger partial charge on any atom is 0.254 e. The minimum Gasteiger partial charge on any atom is -0.497 e. The number of hydrogen-bond donors (Lipinski definition) is 2. The molecule has 1 saturated carbocycles. The predicted octanol–water partition coefficient (Wildman–Crippen LogP) is 7.45. The van der Waals surface area contributed by atoms with Crippen molar-refractivity contribution in [2.75, 3.05) is 25.2 Å². The molecule has 12 heteroatoms. The Morgan fingerprint density at radius 1 is 0.804 bits per heavy atom. The molecular formula is C44H51N5O6S. The van der Waals surface area contributed by atoms with E-state index in [4.69, 9.17) is 4.74 Å². The van der Waals surface area contributed by atoms with Crippen LogP contribution >= 0.6 is 0 Å². The highest BCUT2D eigenvalue weighted by molar-refractivity contribution is 7.89. The molecule has 294 valence electrons. The van der Waals surface area contributed by atoms with Gasteiger partial charge in [0.25, 0.3) is 11.8 Å². The molecule has 6 rings (SSSR count). The van der Waals surface area contributed by atoms with Crippen LogP contribution in [0.1, 0.15) is 85.3 Å². The van der Waals surface area contributed by atoms with Gasteiger partial charge < -0.3 is 15.0 Å². The van der Waals surface area contributed by atoms with E-state index in [1.54, 1.807) is 43.5 Å². The second kappa shape index (κ2) is 18.5. The standard InChI is InChI=1S/C44H51N5O6S/c1-4-30-5-11-33(12-6-30)34-15-17-35(18-16-34)38-26-45-43(46-27-38)36-13-7-32(8-14-36)28-49(29-42(51)48-56(3,53)54)44(52)37-19-21-39(22-20-37)47-41(50)25-31-9-23-40(55-2)24-10-31/h7-10,13-14,17,19-24,26-27,30,33-34H,4-6,11-12,15-16,18,25,28-29H2,1-3H3,(H,47,50)(H,48,51)/t30-,33-,34?. The zero-order valence-corrected chi connectivity index (χ0v) is 33.2. The first-order valence-electron chi connectivity index (χ1n) is 19.4. The van der Waals surface area contributed by atoms with Crippen LogP contribution in [-0.2, 0) is 32.6 Å².